The van der Waals surface area contributed by atoms with Gasteiger partial charge in [-0.1, -0.05) is 0 Å². The Bertz CT molecular complexity index is 388. The molecule has 1 atom stereocenters. The Morgan fingerprint density at radius 1 is 1.61 bits per heavy atom. The largest absolute Gasteiger partial charge is 0.472 e. The summed E-state index contributed by atoms with van der Waals surface area (Å²) in [5.74, 6) is 0.233. The van der Waals surface area contributed by atoms with Crippen molar-refractivity contribution in [3.05, 3.63) is 23.9 Å². The van der Waals surface area contributed by atoms with Gasteiger partial charge in [-0.05, 0) is 6.07 Å². The van der Waals surface area contributed by atoms with Gasteiger partial charge < -0.3 is 19.9 Å². The number of rotatable bonds is 5. The standard InChI is InChI=1S/C12H16N2O4/c15-5-4-13-12(16)9-1-2-11(14-7-9)18-10-3-6-17-8-10/h1-2,7,10,15H,3-6,8H2,(H,13,16)/t10-/m0/s1. The molecule has 18 heavy (non-hydrogen) atoms. The Morgan fingerprint density at radius 2 is 2.50 bits per heavy atom. The van der Waals surface area contributed by atoms with Gasteiger partial charge in [-0.2, -0.15) is 0 Å². The van der Waals surface area contributed by atoms with E-state index in [1.807, 2.05) is 0 Å². The van der Waals surface area contributed by atoms with E-state index in [4.69, 9.17) is 14.6 Å². The number of hydrogen-bond acceptors (Lipinski definition) is 5. The number of pyridine rings is 1. The van der Waals surface area contributed by atoms with E-state index >= 15 is 0 Å². The highest BCUT2D eigenvalue weighted by molar-refractivity contribution is 5.93. The first-order valence-electron chi connectivity index (χ1n) is 5.89. The van der Waals surface area contributed by atoms with E-state index in [-0.39, 0.29) is 25.2 Å². The Kier molecular flexibility index (Phi) is 4.49. The molecule has 0 aliphatic carbocycles. The molecule has 0 radical (unpaired) electrons. The van der Waals surface area contributed by atoms with Gasteiger partial charge in [-0.3, -0.25) is 4.79 Å². The lowest BCUT2D eigenvalue weighted by Gasteiger charge is -2.10. The Labute approximate surface area is 105 Å². The van der Waals surface area contributed by atoms with Crippen LogP contribution >= 0.6 is 0 Å². The number of aromatic nitrogens is 1. The van der Waals surface area contributed by atoms with Gasteiger partial charge in [0.1, 0.15) is 6.10 Å². The predicted octanol–water partition coefficient (Wildman–Crippen LogP) is -0.0286. The Hall–Kier alpha value is -1.66. The lowest BCUT2D eigenvalue weighted by Crippen LogP contribution is -2.26. The summed E-state index contributed by atoms with van der Waals surface area (Å²) in [4.78, 5) is 15.6. The smallest absolute Gasteiger partial charge is 0.252 e. The fourth-order valence-corrected chi connectivity index (χ4v) is 1.63. The van der Waals surface area contributed by atoms with Crippen molar-refractivity contribution in [3.63, 3.8) is 0 Å². The van der Waals surface area contributed by atoms with Gasteiger partial charge in [0.25, 0.3) is 5.91 Å². The SMILES string of the molecule is O=C(NCCO)c1ccc(O[C@H]2CCOC2)nc1. The first-order chi connectivity index (χ1) is 8.79. The molecule has 6 nitrogen and oxygen atoms in total. The molecule has 0 saturated carbocycles. The van der Waals surface area contributed by atoms with E-state index in [1.165, 1.54) is 6.20 Å². The molecule has 98 valence electrons. The summed E-state index contributed by atoms with van der Waals surface area (Å²) in [6.45, 7) is 1.45. The van der Waals surface area contributed by atoms with Crippen LogP contribution in [0.25, 0.3) is 0 Å². The molecular formula is C12H16N2O4. The molecular weight excluding hydrogens is 236 g/mol. The zero-order valence-electron chi connectivity index (χ0n) is 9.96. The van der Waals surface area contributed by atoms with Crippen molar-refractivity contribution in [2.75, 3.05) is 26.4 Å². The minimum absolute atomic E-state index is 0.0477. The number of ether oxygens (including phenoxy) is 2. The number of carbonyl (C=O) groups is 1. The minimum Gasteiger partial charge on any atom is -0.472 e. The third-order valence-electron chi connectivity index (χ3n) is 2.57. The lowest BCUT2D eigenvalue weighted by molar-refractivity contribution is 0.0944. The van der Waals surface area contributed by atoms with Crippen LogP contribution in [0.4, 0.5) is 0 Å². The number of hydrogen-bond donors (Lipinski definition) is 2. The second-order valence-corrected chi connectivity index (χ2v) is 3.97. The zero-order chi connectivity index (χ0) is 12.8. The number of amides is 1. The van der Waals surface area contributed by atoms with E-state index in [2.05, 4.69) is 10.3 Å². The molecule has 0 aromatic carbocycles. The number of nitrogens with one attached hydrogen (secondary N) is 1. The number of nitrogens with zero attached hydrogens (tertiary/aromatic N) is 1. The molecule has 1 fully saturated rings. The summed E-state index contributed by atoms with van der Waals surface area (Å²) in [7, 11) is 0. The van der Waals surface area contributed by atoms with Crippen molar-refractivity contribution in [2.24, 2.45) is 0 Å². The van der Waals surface area contributed by atoms with Crippen molar-refractivity contribution < 1.29 is 19.4 Å². The van der Waals surface area contributed by atoms with E-state index in [0.717, 1.165) is 6.42 Å². The van der Waals surface area contributed by atoms with E-state index < -0.39 is 0 Å². The molecule has 6 heteroatoms. The molecule has 0 spiro atoms. The minimum atomic E-state index is -0.257. The van der Waals surface area contributed by atoms with Crippen LogP contribution in [-0.2, 0) is 4.74 Å². The van der Waals surface area contributed by atoms with Crippen LogP contribution in [0.15, 0.2) is 18.3 Å². The fourth-order valence-electron chi connectivity index (χ4n) is 1.63. The average molecular weight is 252 g/mol. The van der Waals surface area contributed by atoms with Gasteiger partial charge in [-0.15, -0.1) is 0 Å². The lowest BCUT2D eigenvalue weighted by atomic mass is 10.2. The van der Waals surface area contributed by atoms with Crippen LogP contribution in [0.5, 0.6) is 5.88 Å². The van der Waals surface area contributed by atoms with Gasteiger partial charge in [0.15, 0.2) is 0 Å². The molecule has 0 unspecified atom stereocenters. The second-order valence-electron chi connectivity index (χ2n) is 3.97. The number of aliphatic hydroxyl groups is 1. The van der Waals surface area contributed by atoms with Crippen molar-refractivity contribution in [1.29, 1.82) is 0 Å². The molecule has 1 aliphatic rings. The van der Waals surface area contributed by atoms with Crippen molar-refractivity contribution >= 4 is 5.91 Å². The van der Waals surface area contributed by atoms with Gasteiger partial charge in [-0.25, -0.2) is 4.98 Å². The first kappa shape index (κ1) is 12.8. The molecule has 1 saturated heterocycles. The third kappa shape index (κ3) is 3.41. The molecule has 1 aromatic heterocycles. The molecule has 1 aliphatic heterocycles. The van der Waals surface area contributed by atoms with Gasteiger partial charge >= 0.3 is 0 Å². The molecule has 2 N–H and O–H groups in total. The highest BCUT2D eigenvalue weighted by Gasteiger charge is 2.17. The summed E-state index contributed by atoms with van der Waals surface area (Å²) < 4.78 is 10.8. The molecule has 1 aromatic rings. The zero-order valence-corrected chi connectivity index (χ0v) is 9.96. The summed E-state index contributed by atoms with van der Waals surface area (Å²) in [5.41, 5.74) is 0.443. The maximum absolute atomic E-state index is 11.5. The third-order valence-corrected chi connectivity index (χ3v) is 2.57. The summed E-state index contributed by atoms with van der Waals surface area (Å²) in [6.07, 6.45) is 2.37. The monoisotopic (exact) mass is 252 g/mol. The maximum Gasteiger partial charge on any atom is 0.252 e. The second kappa shape index (κ2) is 6.32. The normalized spacial score (nSPS) is 18.6. The molecule has 0 bridgehead atoms. The summed E-state index contributed by atoms with van der Waals surface area (Å²) in [5, 5.41) is 11.2. The molecule has 1 amide bonds. The first-order valence-corrected chi connectivity index (χ1v) is 5.89. The molecule has 2 rings (SSSR count). The van der Waals surface area contributed by atoms with E-state index in [9.17, 15) is 4.79 Å². The highest BCUT2D eigenvalue weighted by Crippen LogP contribution is 2.14. The Morgan fingerprint density at radius 3 is 3.11 bits per heavy atom. The quantitative estimate of drug-likeness (QED) is 0.769. The van der Waals surface area contributed by atoms with E-state index in [0.29, 0.717) is 24.7 Å². The van der Waals surface area contributed by atoms with Crippen LogP contribution in [-0.4, -0.2) is 48.5 Å². The number of aliphatic hydroxyl groups excluding tert-OH is 1. The van der Waals surface area contributed by atoms with Crippen LogP contribution in [0.1, 0.15) is 16.8 Å². The van der Waals surface area contributed by atoms with Gasteiger partial charge in [0, 0.05) is 25.2 Å². The average Bonchev–Trinajstić information content (AvgIpc) is 2.89. The summed E-state index contributed by atoms with van der Waals surface area (Å²) in [6, 6.07) is 3.30. The van der Waals surface area contributed by atoms with E-state index in [1.54, 1.807) is 12.1 Å². The maximum atomic E-state index is 11.5. The van der Waals surface area contributed by atoms with Gasteiger partial charge in [0.05, 0.1) is 25.4 Å². The summed E-state index contributed by atoms with van der Waals surface area (Å²) >= 11 is 0. The number of carbonyl (C=O) groups excluding carboxylic acids is 1. The van der Waals surface area contributed by atoms with Crippen LogP contribution < -0.4 is 10.1 Å². The Balaban J connectivity index is 1.90. The van der Waals surface area contributed by atoms with Crippen molar-refractivity contribution in [3.8, 4) is 5.88 Å². The van der Waals surface area contributed by atoms with Crippen LogP contribution in [0, 0.1) is 0 Å². The predicted molar refractivity (Wildman–Crippen MR) is 63.5 cm³/mol. The van der Waals surface area contributed by atoms with Gasteiger partial charge in [0.2, 0.25) is 5.88 Å². The topological polar surface area (TPSA) is 80.7 Å². The molecule has 2 heterocycles. The van der Waals surface area contributed by atoms with Crippen LogP contribution in [0.2, 0.25) is 0 Å². The van der Waals surface area contributed by atoms with Crippen molar-refractivity contribution in [1.82, 2.24) is 10.3 Å². The fraction of sp³-hybridized carbons (Fsp3) is 0.500. The van der Waals surface area contributed by atoms with Crippen molar-refractivity contribution in [2.45, 2.75) is 12.5 Å². The van der Waals surface area contributed by atoms with Crippen LogP contribution in [0.3, 0.4) is 0 Å². The highest BCUT2D eigenvalue weighted by atomic mass is 16.5.